The van der Waals surface area contributed by atoms with Crippen molar-refractivity contribution in [2.75, 3.05) is 19.5 Å². The summed E-state index contributed by atoms with van der Waals surface area (Å²) in [6.45, 7) is 2.07. The second kappa shape index (κ2) is 8.68. The molecule has 0 atom stereocenters. The summed E-state index contributed by atoms with van der Waals surface area (Å²) in [5.74, 6) is 1.26. The third-order valence-electron chi connectivity index (χ3n) is 4.20. The van der Waals surface area contributed by atoms with Gasteiger partial charge in [-0.2, -0.15) is 0 Å². The Hall–Kier alpha value is -2.86. The number of hydrogen-bond acceptors (Lipinski definition) is 5. The highest BCUT2D eigenvalue weighted by atomic mass is 32.1. The molecule has 27 heavy (non-hydrogen) atoms. The van der Waals surface area contributed by atoms with Crippen LogP contribution in [0.25, 0.3) is 10.6 Å². The second-order valence-corrected chi connectivity index (χ2v) is 6.81. The second-order valence-electron chi connectivity index (χ2n) is 5.95. The van der Waals surface area contributed by atoms with Crippen LogP contribution in [-0.2, 0) is 17.6 Å². The van der Waals surface area contributed by atoms with Gasteiger partial charge < -0.3 is 14.8 Å². The maximum Gasteiger partial charge on any atom is 0.230 e. The number of carbonyl (C=O) groups is 1. The van der Waals surface area contributed by atoms with E-state index in [1.165, 1.54) is 11.3 Å². The highest BCUT2D eigenvalue weighted by Gasteiger charge is 2.12. The average Bonchev–Trinajstić information content (AvgIpc) is 3.16. The molecule has 1 aromatic heterocycles. The maximum atomic E-state index is 12.4. The van der Waals surface area contributed by atoms with E-state index >= 15 is 0 Å². The number of thiazole rings is 1. The molecule has 3 rings (SSSR count). The van der Waals surface area contributed by atoms with Crippen molar-refractivity contribution in [1.29, 1.82) is 0 Å². The number of nitrogens with one attached hydrogen (secondary N) is 1. The van der Waals surface area contributed by atoms with Crippen LogP contribution in [-0.4, -0.2) is 25.1 Å². The molecular formula is C21H22N2O3S. The first-order chi connectivity index (χ1) is 13.1. The van der Waals surface area contributed by atoms with Crippen molar-refractivity contribution < 1.29 is 14.3 Å². The molecular weight excluding hydrogens is 360 g/mol. The number of amides is 1. The monoisotopic (exact) mass is 382 g/mol. The number of methoxy groups -OCH3 is 2. The first kappa shape index (κ1) is 18.9. The zero-order valence-electron chi connectivity index (χ0n) is 15.6. The van der Waals surface area contributed by atoms with Gasteiger partial charge in [0.15, 0.2) is 11.5 Å². The van der Waals surface area contributed by atoms with Crippen LogP contribution in [0.3, 0.4) is 0 Å². The molecule has 0 fully saturated rings. The zero-order chi connectivity index (χ0) is 19.2. The summed E-state index contributed by atoms with van der Waals surface area (Å²) in [6, 6.07) is 13.5. The van der Waals surface area contributed by atoms with Crippen molar-refractivity contribution in [3.05, 3.63) is 59.1 Å². The molecule has 0 aliphatic rings. The largest absolute Gasteiger partial charge is 0.493 e. The van der Waals surface area contributed by atoms with E-state index in [-0.39, 0.29) is 12.3 Å². The standard InChI is InChI=1S/C21H22N2O3S/c1-4-14-7-5-6-8-17(14)23-20(24)12-16-13-27-21(22-16)15-9-10-18(25-2)19(11-15)26-3/h5-11,13H,4,12H2,1-3H3,(H,23,24). The van der Waals surface area contributed by atoms with E-state index in [0.29, 0.717) is 11.5 Å². The molecule has 1 N–H and O–H groups in total. The van der Waals surface area contributed by atoms with Gasteiger partial charge in [0.05, 0.1) is 26.3 Å². The molecule has 3 aromatic rings. The van der Waals surface area contributed by atoms with Gasteiger partial charge in [0, 0.05) is 16.6 Å². The lowest BCUT2D eigenvalue weighted by atomic mass is 10.1. The van der Waals surface area contributed by atoms with Gasteiger partial charge in [0.1, 0.15) is 5.01 Å². The number of ether oxygens (including phenoxy) is 2. The molecule has 0 spiro atoms. The third kappa shape index (κ3) is 4.46. The van der Waals surface area contributed by atoms with Crippen LogP contribution in [0.4, 0.5) is 5.69 Å². The Morgan fingerprint density at radius 3 is 2.63 bits per heavy atom. The summed E-state index contributed by atoms with van der Waals surface area (Å²) in [5.41, 5.74) is 3.66. The van der Waals surface area contributed by atoms with Gasteiger partial charge in [-0.3, -0.25) is 4.79 Å². The quantitative estimate of drug-likeness (QED) is 0.650. The maximum absolute atomic E-state index is 12.4. The van der Waals surface area contributed by atoms with Crippen molar-refractivity contribution in [3.63, 3.8) is 0 Å². The minimum atomic E-state index is -0.0694. The molecule has 6 heteroatoms. The number of para-hydroxylation sites is 1. The van der Waals surface area contributed by atoms with Crippen LogP contribution in [0, 0.1) is 0 Å². The number of rotatable bonds is 7. The smallest absolute Gasteiger partial charge is 0.230 e. The van der Waals surface area contributed by atoms with E-state index < -0.39 is 0 Å². The van der Waals surface area contributed by atoms with Crippen molar-refractivity contribution in [1.82, 2.24) is 4.98 Å². The lowest BCUT2D eigenvalue weighted by molar-refractivity contribution is -0.115. The Kier molecular flexibility index (Phi) is 6.08. The van der Waals surface area contributed by atoms with Crippen molar-refractivity contribution in [2.45, 2.75) is 19.8 Å². The van der Waals surface area contributed by atoms with Crippen LogP contribution < -0.4 is 14.8 Å². The molecule has 1 heterocycles. The lowest BCUT2D eigenvalue weighted by Gasteiger charge is -2.09. The Bertz CT molecular complexity index is 937. The number of aryl methyl sites for hydroxylation is 1. The summed E-state index contributed by atoms with van der Waals surface area (Å²) >= 11 is 1.50. The van der Waals surface area contributed by atoms with Gasteiger partial charge in [-0.15, -0.1) is 11.3 Å². The summed E-state index contributed by atoms with van der Waals surface area (Å²) in [7, 11) is 3.21. The number of aromatic nitrogens is 1. The Balaban J connectivity index is 1.71. The van der Waals surface area contributed by atoms with E-state index in [2.05, 4.69) is 17.2 Å². The SMILES string of the molecule is CCc1ccccc1NC(=O)Cc1csc(-c2ccc(OC)c(OC)c2)n1. The number of benzene rings is 2. The van der Waals surface area contributed by atoms with E-state index in [1.807, 2.05) is 47.8 Å². The van der Waals surface area contributed by atoms with Gasteiger partial charge in [-0.25, -0.2) is 4.98 Å². The first-order valence-corrected chi connectivity index (χ1v) is 9.57. The normalized spacial score (nSPS) is 10.5. The Labute approximate surface area is 163 Å². The molecule has 0 saturated carbocycles. The minimum Gasteiger partial charge on any atom is -0.493 e. The van der Waals surface area contributed by atoms with Gasteiger partial charge >= 0.3 is 0 Å². The number of anilines is 1. The molecule has 0 saturated heterocycles. The van der Waals surface area contributed by atoms with Crippen molar-refractivity contribution in [2.24, 2.45) is 0 Å². The summed E-state index contributed by atoms with van der Waals surface area (Å²) in [4.78, 5) is 17.0. The van der Waals surface area contributed by atoms with E-state index in [4.69, 9.17) is 9.47 Å². The van der Waals surface area contributed by atoms with Gasteiger partial charge in [0.2, 0.25) is 5.91 Å². The highest BCUT2D eigenvalue weighted by molar-refractivity contribution is 7.13. The molecule has 2 aromatic carbocycles. The topological polar surface area (TPSA) is 60.5 Å². The summed E-state index contributed by atoms with van der Waals surface area (Å²) in [6.07, 6.45) is 1.11. The van der Waals surface area contributed by atoms with Crippen LogP contribution in [0.2, 0.25) is 0 Å². The van der Waals surface area contributed by atoms with Crippen molar-refractivity contribution in [3.8, 4) is 22.1 Å². The van der Waals surface area contributed by atoms with Crippen LogP contribution in [0.1, 0.15) is 18.2 Å². The number of nitrogens with zero attached hydrogens (tertiary/aromatic N) is 1. The molecule has 140 valence electrons. The fraction of sp³-hybridized carbons (Fsp3) is 0.238. The van der Waals surface area contributed by atoms with Gasteiger partial charge in [-0.1, -0.05) is 25.1 Å². The molecule has 5 nitrogen and oxygen atoms in total. The third-order valence-corrected chi connectivity index (χ3v) is 5.14. The highest BCUT2D eigenvalue weighted by Crippen LogP contribution is 2.33. The number of hydrogen-bond donors (Lipinski definition) is 1. The van der Waals surface area contributed by atoms with Crippen LogP contribution in [0.15, 0.2) is 47.8 Å². The zero-order valence-corrected chi connectivity index (χ0v) is 16.4. The van der Waals surface area contributed by atoms with Crippen LogP contribution in [0.5, 0.6) is 11.5 Å². The average molecular weight is 382 g/mol. The molecule has 0 radical (unpaired) electrons. The number of carbonyl (C=O) groups excluding carboxylic acids is 1. The van der Waals surface area contributed by atoms with E-state index in [9.17, 15) is 4.79 Å². The van der Waals surface area contributed by atoms with Crippen molar-refractivity contribution >= 4 is 22.9 Å². The molecule has 0 bridgehead atoms. The molecule has 0 aliphatic carbocycles. The van der Waals surface area contributed by atoms with Gasteiger partial charge in [-0.05, 0) is 36.2 Å². The molecule has 1 amide bonds. The fourth-order valence-corrected chi connectivity index (χ4v) is 3.62. The van der Waals surface area contributed by atoms with Gasteiger partial charge in [0.25, 0.3) is 0 Å². The Morgan fingerprint density at radius 1 is 1.11 bits per heavy atom. The van der Waals surface area contributed by atoms with Crippen LogP contribution >= 0.6 is 11.3 Å². The Morgan fingerprint density at radius 2 is 1.89 bits per heavy atom. The molecule has 0 unspecified atom stereocenters. The van der Waals surface area contributed by atoms with E-state index in [0.717, 1.165) is 33.9 Å². The predicted molar refractivity (Wildman–Crippen MR) is 109 cm³/mol. The van der Waals surface area contributed by atoms with E-state index in [1.54, 1.807) is 14.2 Å². The minimum absolute atomic E-state index is 0.0694. The summed E-state index contributed by atoms with van der Waals surface area (Å²) < 4.78 is 10.6. The first-order valence-electron chi connectivity index (χ1n) is 8.69. The summed E-state index contributed by atoms with van der Waals surface area (Å²) in [5, 5.41) is 5.74. The molecule has 0 aliphatic heterocycles. The fourth-order valence-electron chi connectivity index (χ4n) is 2.80. The lowest BCUT2D eigenvalue weighted by Crippen LogP contribution is -2.15. The predicted octanol–water partition coefficient (Wildman–Crippen LogP) is 4.57.